The average Bonchev–Trinajstić information content (AvgIpc) is 2.77. The number of nitrogens with one attached hydrogen (secondary N) is 2. The van der Waals surface area contributed by atoms with Crippen LogP contribution in [0.1, 0.15) is 30.5 Å². The van der Waals surface area contributed by atoms with E-state index in [9.17, 15) is 9.59 Å². The fourth-order valence-corrected chi connectivity index (χ4v) is 4.03. The Balaban J connectivity index is 1.44. The number of carbonyl (C=O) groups is 2. The topological polar surface area (TPSA) is 64.7 Å². The zero-order chi connectivity index (χ0) is 22.2. The summed E-state index contributed by atoms with van der Waals surface area (Å²) in [6, 6.07) is 14.0. The Morgan fingerprint density at radius 3 is 1.94 bits per heavy atom. The lowest BCUT2D eigenvalue weighted by Gasteiger charge is -2.33. The largest absolute Gasteiger partial charge is 0.325 e. The number of para-hydroxylation sites is 2. The van der Waals surface area contributed by atoms with Crippen molar-refractivity contribution in [1.82, 2.24) is 9.80 Å². The van der Waals surface area contributed by atoms with Crippen LogP contribution in [-0.4, -0.2) is 60.9 Å². The second-order valence-electron chi connectivity index (χ2n) is 8.12. The fourth-order valence-electron chi connectivity index (χ4n) is 4.03. The smallest absolute Gasteiger partial charge is 0.238 e. The van der Waals surface area contributed by atoms with Crippen molar-refractivity contribution in [2.45, 2.75) is 33.6 Å². The first-order valence-electron chi connectivity index (χ1n) is 11.2. The van der Waals surface area contributed by atoms with Gasteiger partial charge in [-0.25, -0.2) is 0 Å². The molecule has 2 aromatic rings. The molecule has 2 amide bonds. The van der Waals surface area contributed by atoms with Crippen LogP contribution in [0.5, 0.6) is 0 Å². The van der Waals surface area contributed by atoms with Crippen molar-refractivity contribution in [2.75, 3.05) is 49.9 Å². The van der Waals surface area contributed by atoms with Crippen molar-refractivity contribution in [3.8, 4) is 0 Å². The number of piperazine rings is 1. The van der Waals surface area contributed by atoms with Crippen LogP contribution < -0.4 is 10.6 Å². The van der Waals surface area contributed by atoms with E-state index in [0.717, 1.165) is 67.1 Å². The Kier molecular flexibility index (Phi) is 8.20. The molecule has 1 heterocycles. The number of nitrogens with zero attached hydrogens (tertiary/aromatic N) is 2. The molecular formula is C25H34N4O2. The molecule has 6 nitrogen and oxygen atoms in total. The van der Waals surface area contributed by atoms with Crippen LogP contribution >= 0.6 is 0 Å². The molecule has 6 heteroatoms. The van der Waals surface area contributed by atoms with E-state index in [0.29, 0.717) is 13.1 Å². The van der Waals surface area contributed by atoms with Crippen molar-refractivity contribution in [3.05, 3.63) is 59.2 Å². The summed E-state index contributed by atoms with van der Waals surface area (Å²) in [5, 5.41) is 6.14. The Morgan fingerprint density at radius 2 is 1.32 bits per heavy atom. The van der Waals surface area contributed by atoms with E-state index in [-0.39, 0.29) is 11.8 Å². The van der Waals surface area contributed by atoms with E-state index < -0.39 is 0 Å². The Bertz CT molecular complexity index is 904. The average molecular weight is 423 g/mol. The highest BCUT2D eigenvalue weighted by molar-refractivity contribution is 5.94. The second-order valence-corrected chi connectivity index (χ2v) is 8.12. The third kappa shape index (κ3) is 6.39. The lowest BCUT2D eigenvalue weighted by Crippen LogP contribution is -2.50. The minimum atomic E-state index is 0.0127. The molecule has 0 saturated carbocycles. The van der Waals surface area contributed by atoms with Gasteiger partial charge in [-0.2, -0.15) is 0 Å². The van der Waals surface area contributed by atoms with E-state index >= 15 is 0 Å². The fraction of sp³-hybridized carbons (Fsp3) is 0.440. The molecule has 0 bridgehead atoms. The molecule has 2 N–H and O–H groups in total. The van der Waals surface area contributed by atoms with Gasteiger partial charge in [0.05, 0.1) is 13.1 Å². The molecule has 166 valence electrons. The minimum Gasteiger partial charge on any atom is -0.325 e. The van der Waals surface area contributed by atoms with Crippen molar-refractivity contribution in [1.29, 1.82) is 0 Å². The number of hydrogen-bond acceptors (Lipinski definition) is 4. The maximum absolute atomic E-state index is 12.6. The van der Waals surface area contributed by atoms with Crippen molar-refractivity contribution >= 4 is 23.2 Å². The van der Waals surface area contributed by atoms with E-state index in [1.807, 2.05) is 43.3 Å². The molecule has 1 aliphatic heterocycles. The molecule has 1 fully saturated rings. The quantitative estimate of drug-likeness (QED) is 0.685. The van der Waals surface area contributed by atoms with Gasteiger partial charge in [-0.15, -0.1) is 0 Å². The van der Waals surface area contributed by atoms with Crippen molar-refractivity contribution < 1.29 is 9.59 Å². The molecule has 0 radical (unpaired) electrons. The predicted octanol–water partition coefficient (Wildman–Crippen LogP) is 3.31. The van der Waals surface area contributed by atoms with E-state index in [2.05, 4.69) is 40.3 Å². The first-order valence-corrected chi connectivity index (χ1v) is 11.2. The van der Waals surface area contributed by atoms with Crippen molar-refractivity contribution in [3.63, 3.8) is 0 Å². The van der Waals surface area contributed by atoms with Gasteiger partial charge in [0.2, 0.25) is 11.8 Å². The highest BCUT2D eigenvalue weighted by Crippen LogP contribution is 2.21. The monoisotopic (exact) mass is 422 g/mol. The third-order valence-electron chi connectivity index (χ3n) is 5.88. The van der Waals surface area contributed by atoms with Crippen LogP contribution in [0.15, 0.2) is 42.5 Å². The van der Waals surface area contributed by atoms with Crippen LogP contribution in [-0.2, 0) is 22.4 Å². The molecule has 31 heavy (non-hydrogen) atoms. The Hall–Kier alpha value is -2.70. The molecule has 2 aromatic carbocycles. The summed E-state index contributed by atoms with van der Waals surface area (Å²) in [5.74, 6) is 0.0325. The normalized spacial score (nSPS) is 14.9. The summed E-state index contributed by atoms with van der Waals surface area (Å²) in [6.45, 7) is 10.1. The number of anilines is 2. The number of rotatable bonds is 8. The van der Waals surface area contributed by atoms with Gasteiger partial charge in [-0.05, 0) is 42.5 Å². The number of carbonyl (C=O) groups excluding carboxylic acids is 2. The summed E-state index contributed by atoms with van der Waals surface area (Å²) < 4.78 is 0. The first-order chi connectivity index (χ1) is 15.0. The lowest BCUT2D eigenvalue weighted by molar-refractivity contribution is -0.120. The maximum Gasteiger partial charge on any atom is 0.238 e. The Labute approximate surface area is 185 Å². The van der Waals surface area contributed by atoms with Crippen LogP contribution in [0.2, 0.25) is 0 Å². The number of aryl methyl sites for hydroxylation is 3. The van der Waals surface area contributed by atoms with Gasteiger partial charge in [0.15, 0.2) is 0 Å². The molecular weight excluding hydrogens is 388 g/mol. The zero-order valence-corrected chi connectivity index (χ0v) is 18.9. The van der Waals surface area contributed by atoms with Gasteiger partial charge in [-0.3, -0.25) is 19.4 Å². The Morgan fingerprint density at radius 1 is 0.774 bits per heavy atom. The maximum atomic E-state index is 12.6. The molecule has 0 aliphatic carbocycles. The predicted molar refractivity (Wildman–Crippen MR) is 127 cm³/mol. The summed E-state index contributed by atoms with van der Waals surface area (Å²) >= 11 is 0. The molecule has 0 atom stereocenters. The van der Waals surface area contributed by atoms with Gasteiger partial charge in [0.1, 0.15) is 0 Å². The number of benzene rings is 2. The van der Waals surface area contributed by atoms with E-state index in [1.54, 1.807) is 0 Å². The minimum absolute atomic E-state index is 0.0127. The lowest BCUT2D eigenvalue weighted by atomic mass is 10.1. The van der Waals surface area contributed by atoms with Gasteiger partial charge < -0.3 is 10.6 Å². The molecule has 1 saturated heterocycles. The SMILES string of the molecule is CCc1ccccc1NC(=O)CN1CCN(CC(=O)Nc2c(C)cccc2CC)CC1. The van der Waals surface area contributed by atoms with Gasteiger partial charge in [-0.1, -0.05) is 50.2 Å². The van der Waals surface area contributed by atoms with E-state index in [4.69, 9.17) is 0 Å². The number of hydrogen-bond donors (Lipinski definition) is 2. The van der Waals surface area contributed by atoms with Crippen molar-refractivity contribution in [2.24, 2.45) is 0 Å². The standard InChI is InChI=1S/C25H34N4O2/c1-4-20-10-6-7-12-22(20)26-23(30)17-28-13-15-29(16-14-28)18-24(31)27-25-19(3)9-8-11-21(25)5-2/h6-12H,4-5,13-18H2,1-3H3,(H,26,30)(H,27,31). The van der Waals surface area contributed by atoms with Crippen LogP contribution in [0.4, 0.5) is 11.4 Å². The molecule has 1 aliphatic rings. The first kappa shape index (κ1) is 23.0. The summed E-state index contributed by atoms with van der Waals surface area (Å²) in [6.07, 6.45) is 1.78. The van der Waals surface area contributed by atoms with Gasteiger partial charge in [0, 0.05) is 37.6 Å². The summed E-state index contributed by atoms with van der Waals surface area (Å²) in [7, 11) is 0. The molecule has 0 spiro atoms. The second kappa shape index (κ2) is 11.1. The van der Waals surface area contributed by atoms with Crippen LogP contribution in [0.25, 0.3) is 0 Å². The highest BCUT2D eigenvalue weighted by atomic mass is 16.2. The summed E-state index contributed by atoms with van der Waals surface area (Å²) in [5.41, 5.74) is 5.24. The zero-order valence-electron chi connectivity index (χ0n) is 18.9. The van der Waals surface area contributed by atoms with Gasteiger partial charge >= 0.3 is 0 Å². The summed E-state index contributed by atoms with van der Waals surface area (Å²) in [4.78, 5) is 29.4. The van der Waals surface area contributed by atoms with Crippen LogP contribution in [0.3, 0.4) is 0 Å². The number of amides is 2. The molecule has 0 aromatic heterocycles. The van der Waals surface area contributed by atoms with E-state index in [1.165, 1.54) is 0 Å². The third-order valence-corrected chi connectivity index (χ3v) is 5.88. The highest BCUT2D eigenvalue weighted by Gasteiger charge is 2.21. The molecule has 3 rings (SSSR count). The van der Waals surface area contributed by atoms with Gasteiger partial charge in [0.25, 0.3) is 0 Å². The van der Waals surface area contributed by atoms with Crippen LogP contribution in [0, 0.1) is 6.92 Å². The molecule has 0 unspecified atom stereocenters.